The Morgan fingerprint density at radius 3 is 3.24 bits per heavy atom. The Kier molecular flexibility index (Phi) is 2.60. The third kappa shape index (κ3) is 1.83. The summed E-state index contributed by atoms with van der Waals surface area (Å²) in [6.45, 7) is 4.29. The Hall–Kier alpha value is -1.40. The summed E-state index contributed by atoms with van der Waals surface area (Å²) in [5, 5.41) is 7.91. The number of nitrogens with zero attached hydrogens (tertiary/aromatic N) is 4. The number of fused-ring (bicyclic) bond motifs is 1. The molecule has 1 atom stereocenters. The third-order valence-electron chi connectivity index (χ3n) is 2.90. The number of morpholine rings is 1. The molecule has 1 unspecified atom stereocenters. The second kappa shape index (κ2) is 4.12. The van der Waals surface area contributed by atoms with Gasteiger partial charge in [0.15, 0.2) is 5.65 Å². The van der Waals surface area contributed by atoms with Crippen molar-refractivity contribution in [3.05, 3.63) is 11.5 Å². The van der Waals surface area contributed by atoms with Crippen LogP contribution in [-0.2, 0) is 4.74 Å². The lowest BCUT2D eigenvalue weighted by Gasteiger charge is -2.34. The largest absolute Gasteiger partial charge is 0.377 e. The predicted molar refractivity (Wildman–Crippen MR) is 64.3 cm³/mol. The van der Waals surface area contributed by atoms with Crippen LogP contribution in [0.2, 0.25) is 5.28 Å². The van der Waals surface area contributed by atoms with Crippen LogP contribution in [0.4, 0.5) is 5.82 Å². The molecule has 0 aliphatic carbocycles. The average Bonchev–Trinajstić information content (AvgIpc) is 2.76. The van der Waals surface area contributed by atoms with Gasteiger partial charge < -0.3 is 9.64 Å². The fraction of sp³-hybridized carbons (Fsp3) is 0.500. The van der Waals surface area contributed by atoms with Crippen LogP contribution in [0.5, 0.6) is 0 Å². The molecule has 0 spiro atoms. The van der Waals surface area contributed by atoms with E-state index in [1.54, 1.807) is 6.20 Å². The van der Waals surface area contributed by atoms with Gasteiger partial charge in [-0.3, -0.25) is 5.10 Å². The summed E-state index contributed by atoms with van der Waals surface area (Å²) in [7, 11) is 0. The van der Waals surface area contributed by atoms with E-state index in [2.05, 4.69) is 32.0 Å². The van der Waals surface area contributed by atoms with Crippen molar-refractivity contribution < 1.29 is 4.74 Å². The summed E-state index contributed by atoms with van der Waals surface area (Å²) in [6, 6.07) is 0.271. The fourth-order valence-corrected chi connectivity index (χ4v) is 2.22. The molecule has 1 saturated heterocycles. The van der Waals surface area contributed by atoms with Crippen LogP contribution in [-0.4, -0.2) is 46.0 Å². The van der Waals surface area contributed by atoms with E-state index in [1.165, 1.54) is 0 Å². The minimum Gasteiger partial charge on any atom is -0.377 e. The zero-order valence-electron chi connectivity index (χ0n) is 9.35. The van der Waals surface area contributed by atoms with Gasteiger partial charge in [-0.1, -0.05) is 0 Å². The predicted octanol–water partition coefficient (Wildman–Crippen LogP) is 1.23. The molecule has 0 aromatic carbocycles. The number of ether oxygens (including phenoxy) is 1. The number of H-pyrrole nitrogens is 1. The summed E-state index contributed by atoms with van der Waals surface area (Å²) in [5.74, 6) is 0.824. The lowest BCUT2D eigenvalue weighted by Crippen LogP contribution is -2.44. The number of aromatic nitrogens is 4. The molecule has 2 aromatic rings. The van der Waals surface area contributed by atoms with Crippen LogP contribution in [0.25, 0.3) is 11.0 Å². The smallest absolute Gasteiger partial charge is 0.226 e. The van der Waals surface area contributed by atoms with Crippen LogP contribution in [0.1, 0.15) is 6.92 Å². The zero-order valence-corrected chi connectivity index (χ0v) is 10.1. The van der Waals surface area contributed by atoms with E-state index in [4.69, 9.17) is 16.3 Å². The Morgan fingerprint density at radius 1 is 1.53 bits per heavy atom. The van der Waals surface area contributed by atoms with Crippen molar-refractivity contribution in [1.82, 2.24) is 20.2 Å². The summed E-state index contributed by atoms with van der Waals surface area (Å²) >= 11 is 5.92. The number of halogens is 1. The highest BCUT2D eigenvalue weighted by Crippen LogP contribution is 2.26. The lowest BCUT2D eigenvalue weighted by atomic mass is 10.2. The third-order valence-corrected chi connectivity index (χ3v) is 3.07. The highest BCUT2D eigenvalue weighted by atomic mass is 35.5. The zero-order chi connectivity index (χ0) is 11.8. The number of nitrogens with one attached hydrogen (secondary N) is 1. The van der Waals surface area contributed by atoms with Crippen LogP contribution in [0, 0.1) is 0 Å². The lowest BCUT2D eigenvalue weighted by molar-refractivity contribution is 0.0987. The molecule has 90 valence electrons. The normalized spacial score (nSPS) is 21.1. The first-order valence-corrected chi connectivity index (χ1v) is 5.84. The van der Waals surface area contributed by atoms with Gasteiger partial charge in [0.05, 0.1) is 30.8 Å². The minimum atomic E-state index is 0.232. The van der Waals surface area contributed by atoms with Crippen molar-refractivity contribution >= 4 is 28.5 Å². The maximum atomic E-state index is 5.92. The van der Waals surface area contributed by atoms with Gasteiger partial charge in [-0.05, 0) is 18.5 Å². The van der Waals surface area contributed by atoms with Gasteiger partial charge in [-0.25, -0.2) is 0 Å². The van der Waals surface area contributed by atoms with Gasteiger partial charge in [0.2, 0.25) is 5.28 Å². The van der Waals surface area contributed by atoms with E-state index in [0.29, 0.717) is 18.9 Å². The molecule has 7 heteroatoms. The first kappa shape index (κ1) is 10.7. The summed E-state index contributed by atoms with van der Waals surface area (Å²) in [4.78, 5) is 10.6. The van der Waals surface area contributed by atoms with E-state index in [1.807, 2.05) is 0 Å². The molecule has 3 rings (SSSR count). The molecule has 0 saturated carbocycles. The monoisotopic (exact) mass is 253 g/mol. The molecule has 0 radical (unpaired) electrons. The van der Waals surface area contributed by atoms with E-state index in [0.717, 1.165) is 17.7 Å². The van der Waals surface area contributed by atoms with Gasteiger partial charge in [-0.2, -0.15) is 15.1 Å². The van der Waals surface area contributed by atoms with Gasteiger partial charge in [0.1, 0.15) is 5.82 Å². The maximum Gasteiger partial charge on any atom is 0.226 e. The summed E-state index contributed by atoms with van der Waals surface area (Å²) < 4.78 is 5.42. The quantitative estimate of drug-likeness (QED) is 0.775. The van der Waals surface area contributed by atoms with Gasteiger partial charge in [-0.15, -0.1) is 0 Å². The second-order valence-electron chi connectivity index (χ2n) is 4.07. The van der Waals surface area contributed by atoms with Crippen molar-refractivity contribution in [1.29, 1.82) is 0 Å². The molecule has 17 heavy (non-hydrogen) atoms. The van der Waals surface area contributed by atoms with Crippen LogP contribution in [0.15, 0.2) is 6.20 Å². The van der Waals surface area contributed by atoms with Gasteiger partial charge in [0.25, 0.3) is 0 Å². The Labute approximate surface area is 103 Å². The molecule has 2 aromatic heterocycles. The van der Waals surface area contributed by atoms with E-state index < -0.39 is 0 Å². The van der Waals surface area contributed by atoms with Crippen molar-refractivity contribution in [2.75, 3.05) is 24.7 Å². The maximum absolute atomic E-state index is 5.92. The SMILES string of the molecule is CC1COCCN1c1nc(Cl)nc2[nH]ncc12. The minimum absolute atomic E-state index is 0.232. The molecule has 1 aliphatic heterocycles. The highest BCUT2D eigenvalue weighted by Gasteiger charge is 2.23. The number of anilines is 1. The van der Waals surface area contributed by atoms with Gasteiger partial charge >= 0.3 is 0 Å². The standard InChI is InChI=1S/C10H12ClN5O/c1-6-5-17-3-2-16(6)9-7-4-12-15-8(7)13-10(11)14-9/h4,6H,2-3,5H2,1H3,(H,12,13,14,15). The van der Waals surface area contributed by atoms with Crippen LogP contribution >= 0.6 is 11.6 Å². The number of hydrogen-bond acceptors (Lipinski definition) is 5. The van der Waals surface area contributed by atoms with Crippen LogP contribution < -0.4 is 4.90 Å². The number of rotatable bonds is 1. The van der Waals surface area contributed by atoms with Crippen molar-refractivity contribution in [3.63, 3.8) is 0 Å². The summed E-state index contributed by atoms with van der Waals surface area (Å²) in [6.07, 6.45) is 1.73. The van der Waals surface area contributed by atoms with E-state index in [9.17, 15) is 0 Å². The van der Waals surface area contributed by atoms with E-state index >= 15 is 0 Å². The highest BCUT2D eigenvalue weighted by molar-refractivity contribution is 6.28. The Bertz CT molecular complexity index is 542. The molecule has 3 heterocycles. The first-order valence-electron chi connectivity index (χ1n) is 5.46. The number of hydrogen-bond donors (Lipinski definition) is 1. The topological polar surface area (TPSA) is 66.9 Å². The molecular weight excluding hydrogens is 242 g/mol. The Balaban J connectivity index is 2.11. The Morgan fingerprint density at radius 2 is 2.41 bits per heavy atom. The number of aromatic amines is 1. The van der Waals surface area contributed by atoms with Crippen molar-refractivity contribution in [2.45, 2.75) is 13.0 Å². The molecule has 0 amide bonds. The molecule has 1 N–H and O–H groups in total. The van der Waals surface area contributed by atoms with Crippen LogP contribution in [0.3, 0.4) is 0 Å². The van der Waals surface area contributed by atoms with Crippen molar-refractivity contribution in [3.8, 4) is 0 Å². The fourth-order valence-electron chi connectivity index (χ4n) is 2.05. The average molecular weight is 254 g/mol. The van der Waals surface area contributed by atoms with Gasteiger partial charge in [0, 0.05) is 6.54 Å². The molecule has 1 aliphatic rings. The molecular formula is C10H12ClN5O. The molecule has 0 bridgehead atoms. The van der Waals surface area contributed by atoms with E-state index in [-0.39, 0.29) is 11.3 Å². The van der Waals surface area contributed by atoms with Crippen molar-refractivity contribution in [2.24, 2.45) is 0 Å². The molecule has 6 nitrogen and oxygen atoms in total. The summed E-state index contributed by atoms with van der Waals surface area (Å²) in [5.41, 5.74) is 0.665. The first-order chi connectivity index (χ1) is 8.25. The second-order valence-corrected chi connectivity index (χ2v) is 4.40. The molecule has 1 fully saturated rings.